The van der Waals surface area contributed by atoms with Crippen LogP contribution in [0.15, 0.2) is 71.6 Å². The number of amides is 2. The van der Waals surface area contributed by atoms with Gasteiger partial charge in [-0.15, -0.1) is 0 Å². The summed E-state index contributed by atoms with van der Waals surface area (Å²) in [5.74, 6) is -1.42. The van der Waals surface area contributed by atoms with Crippen molar-refractivity contribution in [3.63, 3.8) is 0 Å². The Kier molecular flexibility index (Phi) is 11.6. The Morgan fingerprint density at radius 3 is 2.42 bits per heavy atom. The van der Waals surface area contributed by atoms with Crippen molar-refractivity contribution in [3.8, 4) is 11.5 Å². The number of nitrogens with zero attached hydrogens (tertiary/aromatic N) is 3. The molecule has 0 saturated heterocycles. The van der Waals surface area contributed by atoms with Crippen molar-refractivity contribution in [3.05, 3.63) is 88.0 Å². The number of carbonyl (C=O) groups is 3. The van der Waals surface area contributed by atoms with Gasteiger partial charge in [0.25, 0.3) is 21.6 Å². The summed E-state index contributed by atoms with van der Waals surface area (Å²) in [6.45, 7) is -0.385. The highest BCUT2D eigenvalue weighted by Gasteiger charge is 2.34. The minimum Gasteiger partial charge on any atom is -0.493 e. The van der Waals surface area contributed by atoms with Gasteiger partial charge in [0.2, 0.25) is 6.41 Å². The summed E-state index contributed by atoms with van der Waals surface area (Å²) in [5, 5.41) is 13.3. The van der Waals surface area contributed by atoms with E-state index in [4.69, 9.17) is 14.2 Å². The number of anilines is 2. The number of carbonyl (C=O) groups excluding carboxylic acids is 3. The van der Waals surface area contributed by atoms with Gasteiger partial charge in [-0.2, -0.15) is 0 Å². The van der Waals surface area contributed by atoms with E-state index in [1.54, 1.807) is 26.2 Å². The highest BCUT2D eigenvalue weighted by molar-refractivity contribution is 7.93. The van der Waals surface area contributed by atoms with Crippen LogP contribution in [0.5, 0.6) is 11.5 Å². The summed E-state index contributed by atoms with van der Waals surface area (Å²) in [6.07, 6.45) is 3.66. The zero-order chi connectivity index (χ0) is 33.1. The molecule has 0 aliphatic carbocycles. The van der Waals surface area contributed by atoms with Crippen molar-refractivity contribution >= 4 is 51.4 Å². The zero-order valence-corrected chi connectivity index (χ0v) is 25.8. The molecule has 0 saturated carbocycles. The Balaban J connectivity index is 0.00000102. The molecular weight excluding hydrogens is 608 g/mol. The van der Waals surface area contributed by atoms with E-state index < -0.39 is 33.4 Å². The average Bonchev–Trinajstić information content (AvgIpc) is 3.48. The van der Waals surface area contributed by atoms with Crippen LogP contribution in [0, 0.1) is 10.1 Å². The second-order valence-electron chi connectivity index (χ2n) is 9.58. The summed E-state index contributed by atoms with van der Waals surface area (Å²) in [5.41, 5.74) is 1.76. The Morgan fingerprint density at radius 2 is 1.78 bits per heavy atom. The summed E-state index contributed by atoms with van der Waals surface area (Å²) in [7, 11) is 2.01. The van der Waals surface area contributed by atoms with Gasteiger partial charge >= 0.3 is 5.97 Å². The van der Waals surface area contributed by atoms with Crippen molar-refractivity contribution in [2.75, 3.05) is 51.1 Å². The second kappa shape index (κ2) is 15.3. The van der Waals surface area contributed by atoms with Gasteiger partial charge in [-0.25, -0.2) is 13.2 Å². The summed E-state index contributed by atoms with van der Waals surface area (Å²) >= 11 is 0. The van der Waals surface area contributed by atoms with Gasteiger partial charge in [0.1, 0.15) is 4.90 Å². The summed E-state index contributed by atoms with van der Waals surface area (Å²) in [6, 6.07) is 15.4. The molecule has 1 heterocycles. The van der Waals surface area contributed by atoms with Crippen molar-refractivity contribution in [2.24, 2.45) is 0 Å². The number of ether oxygens (including phenoxy) is 3. The van der Waals surface area contributed by atoms with E-state index in [1.165, 1.54) is 65.9 Å². The highest BCUT2D eigenvalue weighted by atomic mass is 32.2. The third-order valence-electron chi connectivity index (χ3n) is 6.19. The number of esters is 1. The lowest BCUT2D eigenvalue weighted by Gasteiger charge is -2.22. The Hall–Kier alpha value is -5.44. The first-order valence-corrected chi connectivity index (χ1v) is 14.7. The molecule has 0 atom stereocenters. The molecule has 0 radical (unpaired) electrons. The van der Waals surface area contributed by atoms with Crippen LogP contribution in [-0.2, 0) is 35.6 Å². The van der Waals surface area contributed by atoms with Gasteiger partial charge in [0.05, 0.1) is 24.8 Å². The molecule has 2 amide bonds. The number of nitro benzene ring substituents is 1. The molecule has 4 rings (SSSR count). The minimum absolute atomic E-state index is 0.0180. The lowest BCUT2D eigenvalue weighted by atomic mass is 10.2. The maximum absolute atomic E-state index is 13.7. The Labute approximate surface area is 260 Å². The monoisotopic (exact) mass is 640 g/mol. The fourth-order valence-electron chi connectivity index (χ4n) is 4.16. The average molecular weight is 641 g/mol. The van der Waals surface area contributed by atoms with Gasteiger partial charge in [-0.05, 0) is 47.9 Å². The number of sulfonamides is 1. The number of hydrogen-bond acceptors (Lipinski definition) is 10. The predicted molar refractivity (Wildman–Crippen MR) is 166 cm³/mol. The van der Waals surface area contributed by atoms with Gasteiger partial charge in [0.15, 0.2) is 18.1 Å². The first-order valence-electron chi connectivity index (χ1n) is 13.3. The standard InChI is InChI=1S/C27H25N3O9S.C3H7NO/c1-37-23-14-18(10-11-26(32)39-17-25(31)28-20-7-5-8-21(16-20)30(33)34)15-24(27(23)38-2)40(35,36)29-13-12-19-6-3-4-9-22(19)29;1-4(2)3-5/h3-11,14-16H,12-13,17H2,1-2H3,(H,28,31);3H,1-2H3/b11-10+;. The van der Waals surface area contributed by atoms with Crippen LogP contribution < -0.4 is 19.1 Å². The van der Waals surface area contributed by atoms with E-state index in [9.17, 15) is 32.9 Å². The number of hydrogen-bond donors (Lipinski definition) is 1. The van der Waals surface area contributed by atoms with Gasteiger partial charge in [0, 0.05) is 44.5 Å². The molecule has 0 unspecified atom stereocenters. The number of fused-ring (bicyclic) bond motifs is 1. The van der Waals surface area contributed by atoms with Crippen molar-refractivity contribution in [2.45, 2.75) is 11.3 Å². The molecule has 0 fully saturated rings. The van der Waals surface area contributed by atoms with Crippen LogP contribution in [0.1, 0.15) is 11.1 Å². The number of benzene rings is 3. The number of nitro groups is 1. The topological polar surface area (TPSA) is 175 Å². The number of para-hydroxylation sites is 1. The third kappa shape index (κ3) is 8.79. The number of methoxy groups -OCH3 is 2. The van der Waals surface area contributed by atoms with Crippen molar-refractivity contribution < 1.29 is 41.9 Å². The molecule has 238 valence electrons. The molecule has 45 heavy (non-hydrogen) atoms. The molecule has 0 bridgehead atoms. The molecule has 15 heteroatoms. The lowest BCUT2D eigenvalue weighted by molar-refractivity contribution is -0.384. The molecule has 3 aromatic carbocycles. The molecule has 0 spiro atoms. The Bertz CT molecular complexity index is 1710. The number of nitrogens with one attached hydrogen (secondary N) is 1. The van der Waals surface area contributed by atoms with Crippen LogP contribution in [-0.4, -0.2) is 78.0 Å². The first kappa shape index (κ1) is 34.1. The van der Waals surface area contributed by atoms with E-state index in [-0.39, 0.29) is 34.3 Å². The molecule has 3 aromatic rings. The molecule has 1 aliphatic rings. The highest BCUT2D eigenvalue weighted by Crippen LogP contribution is 2.40. The Morgan fingerprint density at radius 1 is 1.07 bits per heavy atom. The third-order valence-corrected chi connectivity index (χ3v) is 8.01. The largest absolute Gasteiger partial charge is 0.493 e. The van der Waals surface area contributed by atoms with Crippen LogP contribution in [0.25, 0.3) is 6.08 Å². The summed E-state index contributed by atoms with van der Waals surface area (Å²) in [4.78, 5) is 45.4. The second-order valence-corrected chi connectivity index (χ2v) is 11.4. The van der Waals surface area contributed by atoms with Crippen LogP contribution in [0.2, 0.25) is 0 Å². The fourth-order valence-corrected chi connectivity index (χ4v) is 5.87. The van der Waals surface area contributed by atoms with E-state index in [0.29, 0.717) is 17.7 Å². The zero-order valence-electron chi connectivity index (χ0n) is 25.0. The maximum Gasteiger partial charge on any atom is 0.331 e. The predicted octanol–water partition coefficient (Wildman–Crippen LogP) is 3.26. The molecule has 14 nitrogen and oxygen atoms in total. The number of non-ortho nitro benzene ring substituents is 1. The SMILES string of the molecule is CN(C)C=O.COc1cc(/C=C/C(=O)OCC(=O)Nc2cccc([N+](=O)[O-])c2)cc(S(=O)(=O)N2CCc3ccccc32)c1OC. The van der Waals surface area contributed by atoms with Crippen LogP contribution >= 0.6 is 0 Å². The lowest BCUT2D eigenvalue weighted by Crippen LogP contribution is -2.29. The molecule has 0 aromatic heterocycles. The van der Waals surface area contributed by atoms with Crippen molar-refractivity contribution in [1.82, 2.24) is 4.90 Å². The van der Waals surface area contributed by atoms with E-state index in [0.717, 1.165) is 18.0 Å². The molecule has 1 N–H and O–H groups in total. The minimum atomic E-state index is -4.07. The molecular formula is C30H32N4O10S. The fraction of sp³-hybridized carbons (Fsp3) is 0.233. The smallest absolute Gasteiger partial charge is 0.331 e. The van der Waals surface area contributed by atoms with Crippen LogP contribution in [0.4, 0.5) is 17.1 Å². The molecule has 1 aliphatic heterocycles. The van der Waals surface area contributed by atoms with Crippen molar-refractivity contribution in [1.29, 1.82) is 0 Å². The van der Waals surface area contributed by atoms with E-state index in [1.807, 2.05) is 12.1 Å². The maximum atomic E-state index is 13.7. The van der Waals surface area contributed by atoms with Gasteiger partial charge in [-0.3, -0.25) is 24.0 Å². The summed E-state index contributed by atoms with van der Waals surface area (Å²) < 4.78 is 44.4. The normalized spacial score (nSPS) is 12.0. The number of rotatable bonds is 11. The van der Waals surface area contributed by atoms with E-state index in [2.05, 4.69) is 5.32 Å². The first-order chi connectivity index (χ1) is 21.4. The quantitative estimate of drug-likeness (QED) is 0.108. The van der Waals surface area contributed by atoms with Gasteiger partial charge < -0.3 is 24.4 Å². The van der Waals surface area contributed by atoms with Crippen LogP contribution in [0.3, 0.4) is 0 Å². The van der Waals surface area contributed by atoms with E-state index >= 15 is 0 Å². The van der Waals surface area contributed by atoms with Gasteiger partial charge in [-0.1, -0.05) is 24.3 Å².